The Bertz CT molecular complexity index is 939. The van der Waals surface area contributed by atoms with E-state index in [9.17, 15) is 9.90 Å². The highest BCUT2D eigenvalue weighted by Gasteiger charge is 2.38. The van der Waals surface area contributed by atoms with Crippen molar-refractivity contribution in [3.8, 4) is 11.5 Å². The topological polar surface area (TPSA) is 77.4 Å². The van der Waals surface area contributed by atoms with E-state index in [1.807, 2.05) is 42.5 Å². The van der Waals surface area contributed by atoms with Crippen LogP contribution in [-0.4, -0.2) is 29.5 Å². The van der Waals surface area contributed by atoms with E-state index in [-0.39, 0.29) is 24.7 Å². The van der Waals surface area contributed by atoms with E-state index >= 15 is 0 Å². The Morgan fingerprint density at radius 3 is 2.78 bits per heavy atom. The van der Waals surface area contributed by atoms with E-state index in [0.717, 1.165) is 5.56 Å². The fraction of sp³-hybridized carbons (Fsp3) is 0.200. The molecular weight excluding hydrogens is 366 g/mol. The minimum absolute atomic E-state index is 0.0630. The Balaban J connectivity index is 1.74. The summed E-state index contributed by atoms with van der Waals surface area (Å²) < 4.78 is 15.9. The largest absolute Gasteiger partial charge is 0.510 e. The number of carbonyl (C=O) groups is 1. The van der Waals surface area contributed by atoms with Gasteiger partial charge in [0.1, 0.15) is 16.4 Å². The van der Waals surface area contributed by atoms with Crippen LogP contribution < -0.4 is 9.47 Å². The molecule has 0 bridgehead atoms. The van der Waals surface area contributed by atoms with Gasteiger partial charge >= 0.3 is 5.97 Å². The maximum atomic E-state index is 12.4. The lowest BCUT2D eigenvalue weighted by Gasteiger charge is -2.10. The number of thioether (sulfide) groups is 1. The molecule has 0 saturated carbocycles. The van der Waals surface area contributed by atoms with Crippen LogP contribution in [0.2, 0.25) is 0 Å². The number of nitrogens with zero attached hydrogens (tertiary/aromatic N) is 1. The predicted octanol–water partition coefficient (Wildman–Crippen LogP) is 4.31. The monoisotopic (exact) mass is 383 g/mol. The molecule has 0 radical (unpaired) electrons. The second-order valence-electron chi connectivity index (χ2n) is 5.84. The number of esters is 1. The third-order valence-corrected chi connectivity index (χ3v) is 5.36. The van der Waals surface area contributed by atoms with Crippen LogP contribution in [0, 0.1) is 0 Å². The first kappa shape index (κ1) is 17.5. The number of aliphatic hydroxyl groups is 1. The second kappa shape index (κ2) is 7.36. The highest BCUT2D eigenvalue weighted by atomic mass is 32.2. The lowest BCUT2D eigenvalue weighted by Crippen LogP contribution is -2.13. The van der Waals surface area contributed by atoms with E-state index in [0.29, 0.717) is 22.2 Å². The number of aliphatic imine (C=N–C) groups is 1. The minimum atomic E-state index is -0.583. The van der Waals surface area contributed by atoms with Crippen LogP contribution in [0.5, 0.6) is 11.5 Å². The molecule has 7 heteroatoms. The highest BCUT2D eigenvalue weighted by molar-refractivity contribution is 8.15. The average molecular weight is 383 g/mol. The van der Waals surface area contributed by atoms with Gasteiger partial charge in [-0.1, -0.05) is 36.0 Å². The quantitative estimate of drug-likeness (QED) is 0.793. The molecule has 2 aliphatic rings. The summed E-state index contributed by atoms with van der Waals surface area (Å²) >= 11 is 1.30. The van der Waals surface area contributed by atoms with Gasteiger partial charge in [-0.25, -0.2) is 9.79 Å². The molecule has 2 heterocycles. The Morgan fingerprint density at radius 2 is 2.00 bits per heavy atom. The SMILES string of the molecule is CCOC(=O)C1=C(O)C(c2ccc3c(c2)OCO3)SC1=Nc1ccccc1. The zero-order valence-electron chi connectivity index (χ0n) is 14.5. The summed E-state index contributed by atoms with van der Waals surface area (Å²) in [6.45, 7) is 2.11. The van der Waals surface area contributed by atoms with Crippen molar-refractivity contribution in [2.24, 2.45) is 4.99 Å². The number of fused-ring (bicyclic) bond motifs is 1. The van der Waals surface area contributed by atoms with Crippen molar-refractivity contribution in [1.29, 1.82) is 0 Å². The summed E-state index contributed by atoms with van der Waals surface area (Å²) in [5, 5.41) is 10.8. The van der Waals surface area contributed by atoms with Crippen LogP contribution in [-0.2, 0) is 9.53 Å². The van der Waals surface area contributed by atoms with E-state index in [2.05, 4.69) is 4.99 Å². The number of para-hydroxylation sites is 1. The van der Waals surface area contributed by atoms with Gasteiger partial charge in [0.05, 0.1) is 17.5 Å². The van der Waals surface area contributed by atoms with Crippen LogP contribution in [0.1, 0.15) is 17.7 Å². The Morgan fingerprint density at radius 1 is 1.22 bits per heavy atom. The molecule has 2 aliphatic heterocycles. The lowest BCUT2D eigenvalue weighted by molar-refractivity contribution is -0.138. The Hall–Kier alpha value is -2.93. The first-order valence-electron chi connectivity index (χ1n) is 8.48. The smallest absolute Gasteiger partial charge is 0.344 e. The van der Waals surface area contributed by atoms with Gasteiger partial charge in [-0.15, -0.1) is 0 Å². The van der Waals surface area contributed by atoms with Crippen molar-refractivity contribution < 1.29 is 24.1 Å². The lowest BCUT2D eigenvalue weighted by atomic mass is 10.1. The number of hydrogen-bond donors (Lipinski definition) is 1. The molecule has 1 N–H and O–H groups in total. The van der Waals surface area contributed by atoms with Crippen molar-refractivity contribution in [2.45, 2.75) is 12.2 Å². The summed E-state index contributed by atoms with van der Waals surface area (Å²) in [4.78, 5) is 17.0. The van der Waals surface area contributed by atoms with Crippen LogP contribution in [0.15, 0.2) is 64.9 Å². The van der Waals surface area contributed by atoms with Crippen LogP contribution in [0.25, 0.3) is 0 Å². The number of ether oxygens (including phenoxy) is 3. The molecule has 1 unspecified atom stereocenters. The van der Waals surface area contributed by atoms with E-state index in [4.69, 9.17) is 14.2 Å². The normalized spacial score (nSPS) is 19.6. The number of hydrogen-bond acceptors (Lipinski definition) is 7. The highest BCUT2D eigenvalue weighted by Crippen LogP contribution is 2.48. The fourth-order valence-corrected chi connectivity index (χ4v) is 4.07. The Kier molecular flexibility index (Phi) is 4.77. The zero-order valence-corrected chi connectivity index (χ0v) is 15.4. The summed E-state index contributed by atoms with van der Waals surface area (Å²) in [7, 11) is 0. The van der Waals surface area contributed by atoms with Crippen LogP contribution in [0.3, 0.4) is 0 Å². The molecule has 6 nitrogen and oxygen atoms in total. The zero-order chi connectivity index (χ0) is 18.8. The number of carbonyl (C=O) groups excluding carboxylic acids is 1. The molecule has 0 aliphatic carbocycles. The molecule has 0 aromatic heterocycles. The molecular formula is C20H17NO5S. The first-order valence-corrected chi connectivity index (χ1v) is 9.36. The molecule has 0 amide bonds. The van der Waals surface area contributed by atoms with Gasteiger partial charge in [0.25, 0.3) is 0 Å². The number of aliphatic hydroxyl groups excluding tert-OH is 1. The molecule has 0 saturated heterocycles. The summed E-state index contributed by atoms with van der Waals surface area (Å²) in [6, 6.07) is 14.7. The van der Waals surface area contributed by atoms with Crippen molar-refractivity contribution in [3.05, 3.63) is 65.4 Å². The third-order valence-electron chi connectivity index (χ3n) is 4.11. The van der Waals surface area contributed by atoms with Gasteiger partial charge in [0, 0.05) is 0 Å². The van der Waals surface area contributed by atoms with Gasteiger partial charge in [-0.05, 0) is 36.8 Å². The molecule has 2 aromatic rings. The third kappa shape index (κ3) is 3.38. The van der Waals surface area contributed by atoms with Gasteiger partial charge in [0.15, 0.2) is 11.5 Å². The van der Waals surface area contributed by atoms with E-state index in [1.165, 1.54) is 11.8 Å². The molecule has 0 fully saturated rings. The summed E-state index contributed by atoms with van der Waals surface area (Å²) in [5.41, 5.74) is 1.59. The van der Waals surface area contributed by atoms with E-state index < -0.39 is 11.2 Å². The van der Waals surface area contributed by atoms with Crippen molar-refractivity contribution >= 4 is 28.5 Å². The summed E-state index contributed by atoms with van der Waals surface area (Å²) in [6.07, 6.45) is 0. The number of benzene rings is 2. The Labute approximate surface area is 160 Å². The van der Waals surface area contributed by atoms with E-state index in [1.54, 1.807) is 13.0 Å². The fourth-order valence-electron chi connectivity index (χ4n) is 2.87. The average Bonchev–Trinajstić information content (AvgIpc) is 3.26. The molecule has 0 spiro atoms. The molecule has 2 aromatic carbocycles. The summed E-state index contributed by atoms with van der Waals surface area (Å²) in [5.74, 6) is 0.633. The molecule has 138 valence electrons. The van der Waals surface area contributed by atoms with Crippen molar-refractivity contribution in [3.63, 3.8) is 0 Å². The van der Waals surface area contributed by atoms with Gasteiger partial charge in [0.2, 0.25) is 6.79 Å². The maximum absolute atomic E-state index is 12.4. The first-order chi connectivity index (χ1) is 13.2. The molecule has 4 rings (SSSR count). The van der Waals surface area contributed by atoms with Gasteiger partial charge in [-0.3, -0.25) is 0 Å². The standard InChI is InChI=1S/C20H17NO5S/c1-2-24-20(23)16-17(22)18(12-8-9-14-15(10-12)26-11-25-14)27-19(16)21-13-6-4-3-5-7-13/h3-10,18,22H,2,11H2,1H3. The maximum Gasteiger partial charge on any atom is 0.344 e. The van der Waals surface area contributed by atoms with Crippen molar-refractivity contribution in [1.82, 2.24) is 0 Å². The molecule has 1 atom stereocenters. The van der Waals surface area contributed by atoms with Crippen LogP contribution in [0.4, 0.5) is 5.69 Å². The van der Waals surface area contributed by atoms with Gasteiger partial charge < -0.3 is 19.3 Å². The minimum Gasteiger partial charge on any atom is -0.510 e. The van der Waals surface area contributed by atoms with Crippen molar-refractivity contribution in [2.75, 3.05) is 13.4 Å². The molecule has 27 heavy (non-hydrogen) atoms. The van der Waals surface area contributed by atoms with Crippen LogP contribution >= 0.6 is 11.8 Å². The second-order valence-corrected chi connectivity index (χ2v) is 6.94. The van der Waals surface area contributed by atoms with Gasteiger partial charge in [-0.2, -0.15) is 0 Å². The number of rotatable bonds is 4. The predicted molar refractivity (Wildman–Crippen MR) is 103 cm³/mol.